The van der Waals surface area contributed by atoms with Crippen LogP contribution >= 0.6 is 0 Å². The highest BCUT2D eigenvalue weighted by atomic mass is 19.4. The second-order valence-electron chi connectivity index (χ2n) is 5.55. The molecule has 1 unspecified atom stereocenters. The van der Waals surface area contributed by atoms with Gasteiger partial charge >= 0.3 is 41.7 Å². The van der Waals surface area contributed by atoms with Gasteiger partial charge in [-0.3, -0.25) is 5.32 Å². The number of halogens is 15. The van der Waals surface area contributed by atoms with Gasteiger partial charge in [-0.25, -0.2) is 0 Å². The molecule has 0 radical (unpaired) electrons. The first kappa shape index (κ1) is 24.9. The first-order valence-corrected chi connectivity index (χ1v) is 6.79. The molecular formula is C11H8F15NO. The number of nitrogens with one attached hydrogen (secondary N) is 1. The molecule has 0 spiro atoms. The molecule has 0 bridgehead atoms. The Balaban J connectivity index is 3.48. The van der Waals surface area contributed by atoms with Crippen molar-refractivity contribution in [1.82, 2.24) is 5.32 Å². The van der Waals surface area contributed by atoms with Crippen LogP contribution in [0.25, 0.3) is 0 Å². The molecule has 1 N–H and O–H groups in total. The van der Waals surface area contributed by atoms with Crippen LogP contribution in [0.5, 0.6) is 0 Å². The third-order valence-corrected chi connectivity index (χ3v) is 3.62. The fourth-order valence-corrected chi connectivity index (χ4v) is 1.94. The molecule has 1 rings (SSSR count). The summed E-state index contributed by atoms with van der Waals surface area (Å²) in [5.74, 6) is -46.5. The van der Waals surface area contributed by atoms with Gasteiger partial charge in [0.1, 0.15) is 0 Å². The third-order valence-electron chi connectivity index (χ3n) is 3.62. The number of ether oxygens (including phenoxy) is 1. The average Bonchev–Trinajstić information content (AvgIpc) is 2.53. The van der Waals surface area contributed by atoms with Crippen LogP contribution in [0.1, 0.15) is 6.42 Å². The van der Waals surface area contributed by atoms with E-state index in [1.165, 1.54) is 5.32 Å². The van der Waals surface area contributed by atoms with Gasteiger partial charge in [-0.1, -0.05) is 0 Å². The maximum absolute atomic E-state index is 13.6. The standard InChI is InChI=1S/C11H8F15NO/c12-5(13,4-27-2-1-3-28-4)6(14,15)7(16,17)8(18,19)9(20,21)10(22,23)11(24,25)26/h4,27H,1-3H2. The van der Waals surface area contributed by atoms with E-state index < -0.39 is 61.1 Å². The van der Waals surface area contributed by atoms with Crippen molar-refractivity contribution in [3.8, 4) is 0 Å². The van der Waals surface area contributed by atoms with E-state index in [-0.39, 0.29) is 6.42 Å². The van der Waals surface area contributed by atoms with Gasteiger partial charge in [0, 0.05) is 0 Å². The SMILES string of the molecule is FC(F)(F)C(F)(F)C(F)(F)C(F)(F)C(F)(F)C(F)(F)C(F)(F)C1NCCCO1. The highest BCUT2D eigenvalue weighted by Crippen LogP contribution is 2.62. The summed E-state index contributed by atoms with van der Waals surface area (Å²) < 4.78 is 198. The molecule has 2 nitrogen and oxygen atoms in total. The van der Waals surface area contributed by atoms with Gasteiger partial charge in [0.25, 0.3) is 0 Å². The van der Waals surface area contributed by atoms with Crippen LogP contribution in [0.15, 0.2) is 0 Å². The van der Waals surface area contributed by atoms with Crippen LogP contribution in [-0.4, -0.2) is 61.1 Å². The summed E-state index contributed by atoms with van der Waals surface area (Å²) in [7, 11) is 0. The Bertz CT molecular complexity index is 563. The number of alkyl halides is 15. The molecule has 17 heteroatoms. The van der Waals surface area contributed by atoms with E-state index in [1.807, 2.05) is 0 Å². The summed E-state index contributed by atoms with van der Waals surface area (Å²) in [5.41, 5.74) is 0. The second-order valence-corrected chi connectivity index (χ2v) is 5.55. The Hall–Kier alpha value is -1.13. The van der Waals surface area contributed by atoms with Gasteiger partial charge in [-0.05, 0) is 13.0 Å². The van der Waals surface area contributed by atoms with E-state index in [9.17, 15) is 65.9 Å². The molecule has 0 aromatic rings. The van der Waals surface area contributed by atoms with E-state index in [0.717, 1.165) is 0 Å². The van der Waals surface area contributed by atoms with Crippen molar-refractivity contribution in [3.63, 3.8) is 0 Å². The van der Waals surface area contributed by atoms with E-state index in [4.69, 9.17) is 0 Å². The summed E-state index contributed by atoms with van der Waals surface area (Å²) in [6, 6.07) is 0. The molecule has 0 aliphatic carbocycles. The maximum atomic E-state index is 13.6. The van der Waals surface area contributed by atoms with E-state index >= 15 is 0 Å². The molecule has 1 atom stereocenters. The topological polar surface area (TPSA) is 21.3 Å². The quantitative estimate of drug-likeness (QED) is 0.587. The Morgan fingerprint density at radius 3 is 1.32 bits per heavy atom. The molecule has 1 fully saturated rings. The molecule has 168 valence electrons. The van der Waals surface area contributed by atoms with E-state index in [1.54, 1.807) is 0 Å². The number of hydrogen-bond acceptors (Lipinski definition) is 2. The predicted octanol–water partition coefficient (Wildman–Crippen LogP) is 4.70. The largest absolute Gasteiger partial charge is 0.460 e. The highest BCUT2D eigenvalue weighted by molar-refractivity contribution is 5.14. The minimum atomic E-state index is -8.28. The van der Waals surface area contributed by atoms with E-state index in [0.29, 0.717) is 0 Å². The summed E-state index contributed by atoms with van der Waals surface area (Å²) in [6.07, 6.45) is -11.2. The smallest absolute Gasteiger partial charge is 0.357 e. The summed E-state index contributed by atoms with van der Waals surface area (Å²) in [6.45, 7) is -1.41. The number of hydrogen-bond donors (Lipinski definition) is 1. The zero-order valence-corrected chi connectivity index (χ0v) is 12.8. The molecule has 0 aromatic heterocycles. The van der Waals surface area contributed by atoms with E-state index in [2.05, 4.69) is 4.74 Å². The fourth-order valence-electron chi connectivity index (χ4n) is 1.94. The van der Waals surface area contributed by atoms with Crippen LogP contribution in [0, 0.1) is 0 Å². The molecule has 1 saturated heterocycles. The lowest BCUT2D eigenvalue weighted by Gasteiger charge is -2.43. The van der Waals surface area contributed by atoms with Crippen LogP contribution in [-0.2, 0) is 4.74 Å². The second kappa shape index (κ2) is 6.70. The van der Waals surface area contributed by atoms with Crippen LogP contribution < -0.4 is 5.32 Å². The summed E-state index contributed by atoms with van der Waals surface area (Å²) in [4.78, 5) is 0. The first-order chi connectivity index (χ1) is 12.1. The monoisotopic (exact) mass is 455 g/mol. The Morgan fingerprint density at radius 2 is 0.964 bits per heavy atom. The third kappa shape index (κ3) is 3.17. The molecule has 0 amide bonds. The summed E-state index contributed by atoms with van der Waals surface area (Å²) in [5, 5.41) is 1.34. The van der Waals surface area contributed by atoms with Crippen molar-refractivity contribution >= 4 is 0 Å². The molecule has 0 saturated carbocycles. The lowest BCUT2D eigenvalue weighted by Crippen LogP contribution is -2.74. The Morgan fingerprint density at radius 1 is 0.571 bits per heavy atom. The Labute approximate surface area is 145 Å². The molecule has 1 heterocycles. The van der Waals surface area contributed by atoms with Crippen molar-refractivity contribution in [2.75, 3.05) is 13.2 Å². The van der Waals surface area contributed by atoms with Crippen molar-refractivity contribution in [1.29, 1.82) is 0 Å². The van der Waals surface area contributed by atoms with Crippen molar-refractivity contribution < 1.29 is 70.6 Å². The fraction of sp³-hybridized carbons (Fsp3) is 1.00. The van der Waals surface area contributed by atoms with Crippen LogP contribution in [0.4, 0.5) is 65.9 Å². The lowest BCUT2D eigenvalue weighted by molar-refractivity contribution is -0.456. The van der Waals surface area contributed by atoms with Crippen molar-refractivity contribution in [2.24, 2.45) is 0 Å². The van der Waals surface area contributed by atoms with Crippen molar-refractivity contribution in [2.45, 2.75) is 54.4 Å². The minimum absolute atomic E-state index is 0.152. The Kier molecular flexibility index (Phi) is 5.96. The molecule has 1 aliphatic rings. The van der Waals surface area contributed by atoms with Crippen LogP contribution in [0.3, 0.4) is 0 Å². The van der Waals surface area contributed by atoms with Gasteiger partial charge in [0.05, 0.1) is 6.61 Å². The normalized spacial score (nSPS) is 21.8. The molecule has 28 heavy (non-hydrogen) atoms. The van der Waals surface area contributed by atoms with Gasteiger partial charge in [0.15, 0.2) is 6.23 Å². The van der Waals surface area contributed by atoms with Crippen molar-refractivity contribution in [3.05, 3.63) is 0 Å². The predicted molar refractivity (Wildman–Crippen MR) is 58.1 cm³/mol. The maximum Gasteiger partial charge on any atom is 0.460 e. The first-order valence-electron chi connectivity index (χ1n) is 6.79. The molecular weight excluding hydrogens is 447 g/mol. The molecule has 0 aromatic carbocycles. The molecule has 1 aliphatic heterocycles. The van der Waals surface area contributed by atoms with Gasteiger partial charge < -0.3 is 4.74 Å². The van der Waals surface area contributed by atoms with Gasteiger partial charge in [0.2, 0.25) is 0 Å². The zero-order chi connectivity index (χ0) is 22.6. The van der Waals surface area contributed by atoms with Crippen LogP contribution in [0.2, 0.25) is 0 Å². The summed E-state index contributed by atoms with van der Waals surface area (Å²) >= 11 is 0. The highest BCUT2D eigenvalue weighted by Gasteiger charge is 2.93. The van der Waals surface area contributed by atoms with Gasteiger partial charge in [-0.15, -0.1) is 0 Å². The zero-order valence-electron chi connectivity index (χ0n) is 12.8. The number of rotatable bonds is 6. The van der Waals surface area contributed by atoms with Gasteiger partial charge in [-0.2, -0.15) is 65.9 Å². The average molecular weight is 455 g/mol. The lowest BCUT2D eigenvalue weighted by atomic mass is 9.90. The minimum Gasteiger partial charge on any atom is -0.357 e.